The summed E-state index contributed by atoms with van der Waals surface area (Å²) >= 11 is 0. The maximum absolute atomic E-state index is 2.44. The number of hydrogen-bond donors (Lipinski definition) is 0. The molecule has 0 saturated heterocycles. The van der Waals surface area contributed by atoms with E-state index in [-0.39, 0.29) is 16.2 Å². The summed E-state index contributed by atoms with van der Waals surface area (Å²) < 4.78 is 0. The fourth-order valence-electron chi connectivity index (χ4n) is 13.4. The van der Waals surface area contributed by atoms with Crippen molar-refractivity contribution in [3.8, 4) is 66.8 Å². The molecule has 11 aromatic rings. The summed E-state index contributed by atoms with van der Waals surface area (Å²) in [6.45, 7) is 9.53. The molecular weight excluding hydrogens is 891 g/mol. The fourth-order valence-corrected chi connectivity index (χ4v) is 13.4. The molecule has 2 atom stereocenters. The van der Waals surface area contributed by atoms with Crippen LogP contribution in [0.2, 0.25) is 0 Å². The lowest BCUT2D eigenvalue weighted by molar-refractivity contribution is 0.662. The molecule has 0 aliphatic heterocycles. The highest BCUT2D eigenvalue weighted by Crippen LogP contribution is 2.56. The molecule has 14 rings (SSSR count). The van der Waals surface area contributed by atoms with Gasteiger partial charge in [-0.2, -0.15) is 0 Å². The van der Waals surface area contributed by atoms with Crippen molar-refractivity contribution in [3.05, 3.63) is 305 Å². The van der Waals surface area contributed by atoms with Crippen LogP contribution in [0.5, 0.6) is 0 Å². The molecule has 0 spiro atoms. The second-order valence-electron chi connectivity index (χ2n) is 21.5. The Balaban J connectivity index is 0.849. The molecular formula is C73H55N. The second-order valence-corrected chi connectivity index (χ2v) is 21.5. The van der Waals surface area contributed by atoms with Crippen molar-refractivity contribution in [2.45, 2.75) is 43.9 Å². The minimum Gasteiger partial charge on any atom is -0.311 e. The Morgan fingerprint density at radius 3 is 1.04 bits per heavy atom. The summed E-state index contributed by atoms with van der Waals surface area (Å²) in [5.41, 5.74) is 28.8. The van der Waals surface area contributed by atoms with Crippen molar-refractivity contribution < 1.29 is 0 Å². The van der Waals surface area contributed by atoms with Crippen LogP contribution in [0.3, 0.4) is 0 Å². The number of hydrogen-bond acceptors (Lipinski definition) is 1. The van der Waals surface area contributed by atoms with Crippen LogP contribution in [-0.4, -0.2) is 0 Å². The molecule has 1 nitrogen and oxygen atoms in total. The lowest BCUT2D eigenvalue weighted by atomic mass is 9.74. The van der Waals surface area contributed by atoms with Gasteiger partial charge in [0.25, 0.3) is 0 Å². The summed E-state index contributed by atoms with van der Waals surface area (Å²) in [7, 11) is 0. The molecule has 0 bridgehead atoms. The quantitative estimate of drug-likeness (QED) is 0.147. The van der Waals surface area contributed by atoms with E-state index >= 15 is 0 Å². The zero-order valence-corrected chi connectivity index (χ0v) is 42.3. The Labute approximate surface area is 435 Å². The van der Waals surface area contributed by atoms with Crippen LogP contribution in [0.25, 0.3) is 66.8 Å². The van der Waals surface area contributed by atoms with Crippen LogP contribution >= 0.6 is 0 Å². The predicted molar refractivity (Wildman–Crippen MR) is 310 cm³/mol. The first kappa shape index (κ1) is 44.0. The van der Waals surface area contributed by atoms with Crippen molar-refractivity contribution in [1.29, 1.82) is 0 Å². The average Bonchev–Trinajstić information content (AvgIpc) is 4.01. The normalized spacial score (nSPS) is 17.1. The van der Waals surface area contributed by atoms with Crippen molar-refractivity contribution >= 4 is 17.1 Å². The monoisotopic (exact) mass is 945 g/mol. The van der Waals surface area contributed by atoms with E-state index in [9.17, 15) is 0 Å². The molecule has 0 amide bonds. The summed E-state index contributed by atoms with van der Waals surface area (Å²) in [5, 5.41) is 0. The van der Waals surface area contributed by atoms with E-state index in [0.717, 1.165) is 17.1 Å². The van der Waals surface area contributed by atoms with E-state index in [1.807, 2.05) is 0 Å². The fraction of sp³-hybridized carbons (Fsp3) is 0.0959. The lowest BCUT2D eigenvalue weighted by Crippen LogP contribution is -2.22. The van der Waals surface area contributed by atoms with Crippen molar-refractivity contribution in [3.63, 3.8) is 0 Å². The Morgan fingerprint density at radius 2 is 0.581 bits per heavy atom. The molecule has 74 heavy (non-hydrogen) atoms. The van der Waals surface area contributed by atoms with E-state index in [2.05, 4.69) is 293 Å². The highest BCUT2D eigenvalue weighted by atomic mass is 15.1. The molecule has 0 heterocycles. The molecule has 2 unspecified atom stereocenters. The second kappa shape index (κ2) is 16.6. The molecule has 3 aliphatic carbocycles. The maximum atomic E-state index is 2.44. The van der Waals surface area contributed by atoms with Gasteiger partial charge in [-0.05, 0) is 174 Å². The van der Waals surface area contributed by atoms with E-state index in [1.165, 1.54) is 111 Å². The Kier molecular flexibility index (Phi) is 9.88. The molecule has 11 aromatic carbocycles. The number of nitrogens with zero attached hydrogens (tertiary/aromatic N) is 1. The van der Waals surface area contributed by atoms with Crippen LogP contribution < -0.4 is 4.90 Å². The van der Waals surface area contributed by atoms with Gasteiger partial charge in [-0.1, -0.05) is 226 Å². The number of rotatable bonds is 8. The highest BCUT2D eigenvalue weighted by Gasteiger charge is 2.42. The highest BCUT2D eigenvalue weighted by molar-refractivity contribution is 5.91. The average molecular weight is 946 g/mol. The molecule has 0 fully saturated rings. The number of anilines is 3. The summed E-state index contributed by atoms with van der Waals surface area (Å²) in [5.74, 6) is 0. The van der Waals surface area contributed by atoms with Crippen molar-refractivity contribution in [2.24, 2.45) is 0 Å². The standard InChI is InChI=1S/C73H55N/c1-71(2)65-27-14-11-24-61(65)64-26-17-25-58(70(64)71)50-34-42-57(43-35-50)74(55-38-30-48(31-39-55)51-36-44-62-59-22-12-15-28-66(59)72(3,68(62)46-51)53-18-7-5-8-19-53)56-40-32-49(33-41-56)52-37-45-63-60-23-13-16-29-67(60)73(4,69(63)47-52)54-20-9-6-10-21-54/h5-47H,1-4H3. The largest absolute Gasteiger partial charge is 0.311 e. The number of benzene rings is 11. The van der Waals surface area contributed by atoms with Crippen LogP contribution in [0, 0.1) is 0 Å². The van der Waals surface area contributed by atoms with Gasteiger partial charge in [-0.3, -0.25) is 0 Å². The van der Waals surface area contributed by atoms with Gasteiger partial charge in [0.15, 0.2) is 0 Å². The Hall–Kier alpha value is -8.78. The molecule has 0 aromatic heterocycles. The third-order valence-corrected chi connectivity index (χ3v) is 17.3. The molecule has 0 saturated carbocycles. The predicted octanol–water partition coefficient (Wildman–Crippen LogP) is 19.1. The van der Waals surface area contributed by atoms with Crippen LogP contribution in [-0.2, 0) is 16.2 Å². The summed E-state index contributed by atoms with van der Waals surface area (Å²) in [6.07, 6.45) is 0. The van der Waals surface area contributed by atoms with E-state index in [0.29, 0.717) is 0 Å². The van der Waals surface area contributed by atoms with Gasteiger partial charge in [0.05, 0.1) is 0 Å². The van der Waals surface area contributed by atoms with Crippen molar-refractivity contribution in [2.75, 3.05) is 4.90 Å². The van der Waals surface area contributed by atoms with Crippen molar-refractivity contribution in [1.82, 2.24) is 0 Å². The lowest BCUT2D eigenvalue weighted by Gasteiger charge is -2.29. The first-order valence-corrected chi connectivity index (χ1v) is 26.2. The third kappa shape index (κ3) is 6.49. The van der Waals surface area contributed by atoms with E-state index < -0.39 is 0 Å². The van der Waals surface area contributed by atoms with Crippen LogP contribution in [0.1, 0.15) is 72.2 Å². The van der Waals surface area contributed by atoms with E-state index in [4.69, 9.17) is 0 Å². The van der Waals surface area contributed by atoms with Gasteiger partial charge < -0.3 is 4.90 Å². The SMILES string of the molecule is CC1(C)c2ccccc2-c2cccc(-c3ccc(N(c4ccc(-c5ccc6c(c5)C(C)(c5ccccc5)c5ccccc5-6)cc4)c4ccc(-c5ccc6c(c5)C(C)(c5ccccc5)c5ccccc5-6)cc4)cc3)c21. The Bertz CT molecular complexity index is 3790. The smallest absolute Gasteiger partial charge is 0.0462 e. The molecule has 0 N–H and O–H groups in total. The van der Waals surface area contributed by atoms with Gasteiger partial charge in [-0.25, -0.2) is 0 Å². The van der Waals surface area contributed by atoms with Gasteiger partial charge in [0, 0.05) is 33.3 Å². The zero-order chi connectivity index (χ0) is 49.8. The zero-order valence-electron chi connectivity index (χ0n) is 42.3. The first-order valence-electron chi connectivity index (χ1n) is 26.2. The van der Waals surface area contributed by atoms with Crippen LogP contribution in [0.15, 0.2) is 261 Å². The Morgan fingerprint density at radius 1 is 0.243 bits per heavy atom. The topological polar surface area (TPSA) is 3.24 Å². The van der Waals surface area contributed by atoms with Gasteiger partial charge >= 0.3 is 0 Å². The molecule has 1 heteroatoms. The first-order chi connectivity index (χ1) is 36.2. The van der Waals surface area contributed by atoms with Gasteiger partial charge in [0.2, 0.25) is 0 Å². The molecule has 352 valence electrons. The van der Waals surface area contributed by atoms with E-state index in [1.54, 1.807) is 0 Å². The van der Waals surface area contributed by atoms with Crippen LogP contribution in [0.4, 0.5) is 17.1 Å². The number of fused-ring (bicyclic) bond motifs is 9. The molecule has 0 radical (unpaired) electrons. The molecule has 3 aliphatic rings. The summed E-state index contributed by atoms with van der Waals surface area (Å²) in [6, 6.07) is 97.4. The maximum Gasteiger partial charge on any atom is 0.0462 e. The third-order valence-electron chi connectivity index (χ3n) is 17.3. The van der Waals surface area contributed by atoms with Gasteiger partial charge in [0.1, 0.15) is 0 Å². The minimum absolute atomic E-state index is 0.108. The summed E-state index contributed by atoms with van der Waals surface area (Å²) in [4.78, 5) is 2.41. The van der Waals surface area contributed by atoms with Gasteiger partial charge in [-0.15, -0.1) is 0 Å². The minimum atomic E-state index is -0.260.